The van der Waals surface area contributed by atoms with Crippen LogP contribution in [0.15, 0.2) is 29.2 Å². The van der Waals surface area contributed by atoms with Gasteiger partial charge in [-0.15, -0.1) is 11.8 Å². The SMILES string of the molecule is CC(C)C[C@H](NC(=O)CSc1ccccc1F)C(=O)O. The van der Waals surface area contributed by atoms with E-state index in [0.717, 1.165) is 11.8 Å². The second-order valence-corrected chi connectivity index (χ2v) is 5.82. The summed E-state index contributed by atoms with van der Waals surface area (Å²) in [5.41, 5.74) is 0. The molecule has 0 heterocycles. The van der Waals surface area contributed by atoms with Gasteiger partial charge in [0.15, 0.2) is 0 Å². The van der Waals surface area contributed by atoms with E-state index in [-0.39, 0.29) is 17.5 Å². The van der Waals surface area contributed by atoms with Crippen molar-refractivity contribution in [3.8, 4) is 0 Å². The monoisotopic (exact) mass is 299 g/mol. The first-order valence-corrected chi connectivity index (χ1v) is 7.28. The van der Waals surface area contributed by atoms with Gasteiger partial charge in [-0.05, 0) is 24.5 Å². The van der Waals surface area contributed by atoms with Crippen molar-refractivity contribution in [2.45, 2.75) is 31.2 Å². The molecule has 0 saturated carbocycles. The molecule has 0 spiro atoms. The van der Waals surface area contributed by atoms with Crippen LogP contribution in [0.1, 0.15) is 20.3 Å². The van der Waals surface area contributed by atoms with Gasteiger partial charge in [-0.2, -0.15) is 0 Å². The molecule has 0 radical (unpaired) electrons. The zero-order chi connectivity index (χ0) is 15.1. The van der Waals surface area contributed by atoms with Crippen LogP contribution in [0.5, 0.6) is 0 Å². The van der Waals surface area contributed by atoms with Crippen molar-refractivity contribution >= 4 is 23.6 Å². The third kappa shape index (κ3) is 5.61. The van der Waals surface area contributed by atoms with Crippen LogP contribution in [0, 0.1) is 11.7 Å². The topological polar surface area (TPSA) is 66.4 Å². The number of hydrogen-bond acceptors (Lipinski definition) is 3. The fourth-order valence-electron chi connectivity index (χ4n) is 1.63. The summed E-state index contributed by atoms with van der Waals surface area (Å²) in [6.07, 6.45) is 0.367. The Labute approximate surface area is 121 Å². The molecule has 0 aliphatic rings. The summed E-state index contributed by atoms with van der Waals surface area (Å²) >= 11 is 1.05. The minimum Gasteiger partial charge on any atom is -0.480 e. The highest BCUT2D eigenvalue weighted by Gasteiger charge is 2.21. The molecule has 0 fully saturated rings. The average Bonchev–Trinajstić information content (AvgIpc) is 2.36. The smallest absolute Gasteiger partial charge is 0.326 e. The number of hydrogen-bond donors (Lipinski definition) is 2. The fourth-order valence-corrected chi connectivity index (χ4v) is 2.38. The zero-order valence-electron chi connectivity index (χ0n) is 11.4. The van der Waals surface area contributed by atoms with E-state index < -0.39 is 17.9 Å². The van der Waals surface area contributed by atoms with Crippen LogP contribution >= 0.6 is 11.8 Å². The molecule has 2 N–H and O–H groups in total. The van der Waals surface area contributed by atoms with E-state index in [2.05, 4.69) is 5.32 Å². The molecule has 20 heavy (non-hydrogen) atoms. The molecule has 1 rings (SSSR count). The summed E-state index contributed by atoms with van der Waals surface area (Å²) in [5, 5.41) is 11.5. The second kappa shape index (κ2) is 7.89. The van der Waals surface area contributed by atoms with Gasteiger partial charge in [-0.25, -0.2) is 9.18 Å². The Balaban J connectivity index is 2.50. The van der Waals surface area contributed by atoms with Gasteiger partial charge < -0.3 is 10.4 Å². The quantitative estimate of drug-likeness (QED) is 0.759. The molecule has 0 aromatic heterocycles. The third-order valence-corrected chi connectivity index (χ3v) is 3.58. The van der Waals surface area contributed by atoms with Gasteiger partial charge in [0.25, 0.3) is 0 Å². The number of carboxylic acid groups (broad SMARTS) is 1. The highest BCUT2D eigenvalue weighted by molar-refractivity contribution is 8.00. The molecule has 0 aliphatic heterocycles. The maximum Gasteiger partial charge on any atom is 0.326 e. The van der Waals surface area contributed by atoms with Crippen LogP contribution in [0.25, 0.3) is 0 Å². The first kappa shape index (κ1) is 16.5. The van der Waals surface area contributed by atoms with E-state index >= 15 is 0 Å². The largest absolute Gasteiger partial charge is 0.480 e. The Morgan fingerprint density at radius 2 is 2.00 bits per heavy atom. The van der Waals surface area contributed by atoms with Crippen LogP contribution in [-0.2, 0) is 9.59 Å². The molecule has 1 aromatic carbocycles. The fraction of sp³-hybridized carbons (Fsp3) is 0.429. The van der Waals surface area contributed by atoms with Crippen molar-refractivity contribution in [2.24, 2.45) is 5.92 Å². The minimum absolute atomic E-state index is 0.0111. The zero-order valence-corrected chi connectivity index (χ0v) is 12.2. The number of thioether (sulfide) groups is 1. The summed E-state index contributed by atoms with van der Waals surface area (Å²) in [5.74, 6) is -1.70. The lowest BCUT2D eigenvalue weighted by Gasteiger charge is -2.16. The molecule has 110 valence electrons. The summed E-state index contributed by atoms with van der Waals surface area (Å²) in [6.45, 7) is 3.77. The minimum atomic E-state index is -1.05. The van der Waals surface area contributed by atoms with Crippen LogP contribution in [0.2, 0.25) is 0 Å². The lowest BCUT2D eigenvalue weighted by Crippen LogP contribution is -2.42. The predicted octanol–water partition coefficient (Wildman–Crippen LogP) is 2.53. The number of carbonyl (C=O) groups excluding carboxylic acids is 1. The predicted molar refractivity (Wildman–Crippen MR) is 76.1 cm³/mol. The molecule has 0 bridgehead atoms. The van der Waals surface area contributed by atoms with Crippen molar-refractivity contribution in [1.82, 2.24) is 5.32 Å². The van der Waals surface area contributed by atoms with Gasteiger partial charge in [0.1, 0.15) is 11.9 Å². The normalized spacial score (nSPS) is 12.2. The second-order valence-electron chi connectivity index (χ2n) is 4.81. The van der Waals surface area contributed by atoms with Crippen molar-refractivity contribution in [3.63, 3.8) is 0 Å². The summed E-state index contributed by atoms with van der Waals surface area (Å²) in [4.78, 5) is 23.1. The average molecular weight is 299 g/mol. The molecule has 1 aromatic rings. The van der Waals surface area contributed by atoms with Gasteiger partial charge in [0, 0.05) is 4.90 Å². The number of halogens is 1. The number of carboxylic acids is 1. The molecule has 1 atom stereocenters. The molecule has 6 heteroatoms. The van der Waals surface area contributed by atoms with Crippen LogP contribution < -0.4 is 5.32 Å². The molecule has 0 aliphatic carbocycles. The molecular weight excluding hydrogens is 281 g/mol. The molecule has 0 unspecified atom stereocenters. The van der Waals surface area contributed by atoms with Gasteiger partial charge in [-0.3, -0.25) is 4.79 Å². The number of benzene rings is 1. The molecule has 0 saturated heterocycles. The Bertz CT molecular complexity index is 479. The van der Waals surface area contributed by atoms with E-state index in [1.807, 2.05) is 13.8 Å². The third-order valence-electron chi connectivity index (χ3n) is 2.54. The Morgan fingerprint density at radius 3 is 2.55 bits per heavy atom. The van der Waals surface area contributed by atoms with E-state index in [1.165, 1.54) is 6.07 Å². The number of amides is 1. The molecule has 1 amide bonds. The first-order valence-electron chi connectivity index (χ1n) is 6.29. The summed E-state index contributed by atoms with van der Waals surface area (Å²) in [7, 11) is 0. The number of aliphatic carboxylic acids is 1. The Kier molecular flexibility index (Phi) is 6.51. The highest BCUT2D eigenvalue weighted by atomic mass is 32.2. The standard InChI is InChI=1S/C14H18FNO3S/c1-9(2)7-11(14(18)19)16-13(17)8-20-12-6-4-3-5-10(12)15/h3-6,9,11H,7-8H2,1-2H3,(H,16,17)(H,18,19)/t11-/m0/s1. The van der Waals surface area contributed by atoms with E-state index in [1.54, 1.807) is 18.2 Å². The summed E-state index contributed by atoms with van der Waals surface area (Å²) in [6, 6.07) is 5.25. The lowest BCUT2D eigenvalue weighted by molar-refractivity contribution is -0.141. The Morgan fingerprint density at radius 1 is 1.35 bits per heavy atom. The van der Waals surface area contributed by atoms with Gasteiger partial charge >= 0.3 is 5.97 Å². The van der Waals surface area contributed by atoms with Crippen molar-refractivity contribution < 1.29 is 19.1 Å². The number of rotatable bonds is 7. The Hall–Kier alpha value is -1.56. The number of carbonyl (C=O) groups is 2. The number of nitrogens with one attached hydrogen (secondary N) is 1. The maximum atomic E-state index is 13.4. The first-order chi connectivity index (χ1) is 9.40. The highest BCUT2D eigenvalue weighted by Crippen LogP contribution is 2.20. The molecule has 4 nitrogen and oxygen atoms in total. The van der Waals surface area contributed by atoms with Crippen LogP contribution in [-0.4, -0.2) is 28.8 Å². The summed E-state index contributed by atoms with van der Waals surface area (Å²) < 4.78 is 13.4. The van der Waals surface area contributed by atoms with Gasteiger partial charge in [0.05, 0.1) is 5.75 Å². The van der Waals surface area contributed by atoms with Crippen LogP contribution in [0.4, 0.5) is 4.39 Å². The molecular formula is C14H18FNO3S. The van der Waals surface area contributed by atoms with E-state index in [0.29, 0.717) is 11.3 Å². The van der Waals surface area contributed by atoms with Gasteiger partial charge in [-0.1, -0.05) is 26.0 Å². The van der Waals surface area contributed by atoms with E-state index in [4.69, 9.17) is 5.11 Å². The van der Waals surface area contributed by atoms with Crippen molar-refractivity contribution in [1.29, 1.82) is 0 Å². The van der Waals surface area contributed by atoms with Crippen molar-refractivity contribution in [2.75, 3.05) is 5.75 Å². The van der Waals surface area contributed by atoms with Gasteiger partial charge in [0.2, 0.25) is 5.91 Å². The van der Waals surface area contributed by atoms with E-state index in [9.17, 15) is 14.0 Å². The van der Waals surface area contributed by atoms with Crippen LogP contribution in [0.3, 0.4) is 0 Å². The van der Waals surface area contributed by atoms with Crippen molar-refractivity contribution in [3.05, 3.63) is 30.1 Å². The maximum absolute atomic E-state index is 13.4. The lowest BCUT2D eigenvalue weighted by atomic mass is 10.0.